The summed E-state index contributed by atoms with van der Waals surface area (Å²) in [6, 6.07) is 8.30. The van der Waals surface area contributed by atoms with E-state index in [0.717, 1.165) is 37.0 Å². The van der Waals surface area contributed by atoms with Gasteiger partial charge in [-0.3, -0.25) is 0 Å². The number of halogens is 1. The van der Waals surface area contributed by atoms with E-state index in [0.29, 0.717) is 6.04 Å². The van der Waals surface area contributed by atoms with Crippen molar-refractivity contribution in [1.82, 2.24) is 5.32 Å². The van der Waals surface area contributed by atoms with Crippen molar-refractivity contribution in [2.24, 2.45) is 0 Å². The normalized spacial score (nSPS) is 20.8. The minimum absolute atomic E-state index is 0.401. The van der Waals surface area contributed by atoms with Crippen molar-refractivity contribution in [1.29, 1.82) is 0 Å². The summed E-state index contributed by atoms with van der Waals surface area (Å²) in [6.45, 7) is 3.47. The molecule has 0 bridgehead atoms. The van der Waals surface area contributed by atoms with Crippen LogP contribution in [0.1, 0.15) is 0 Å². The van der Waals surface area contributed by atoms with Gasteiger partial charge in [-0.2, -0.15) is 0 Å². The van der Waals surface area contributed by atoms with Crippen LogP contribution in [0, 0.1) is 0 Å². The molecule has 1 N–H and O–H groups in total. The molecule has 88 valence electrons. The van der Waals surface area contributed by atoms with Gasteiger partial charge < -0.3 is 15.0 Å². The Morgan fingerprint density at radius 1 is 1.56 bits per heavy atom. The molecule has 3 nitrogen and oxygen atoms in total. The first-order valence-corrected chi connectivity index (χ1v) is 5.91. The van der Waals surface area contributed by atoms with E-state index in [4.69, 9.17) is 16.3 Å². The maximum Gasteiger partial charge on any atom is 0.0637 e. The Kier molecular flexibility index (Phi) is 4.04. The highest BCUT2D eigenvalue weighted by Gasteiger charge is 2.15. The Morgan fingerprint density at radius 2 is 2.44 bits per heavy atom. The van der Waals surface area contributed by atoms with Crippen LogP contribution in [-0.2, 0) is 4.74 Å². The van der Waals surface area contributed by atoms with Crippen LogP contribution in [0.2, 0.25) is 5.02 Å². The van der Waals surface area contributed by atoms with Crippen LogP contribution >= 0.6 is 11.6 Å². The highest BCUT2D eigenvalue weighted by molar-refractivity contribution is 6.30. The van der Waals surface area contributed by atoms with Crippen molar-refractivity contribution in [2.45, 2.75) is 6.04 Å². The van der Waals surface area contributed by atoms with Crippen molar-refractivity contribution < 1.29 is 4.74 Å². The standard InChI is InChI=1S/C12H17ClN2O/c1-15(8-11-9-16-6-5-14-11)12-4-2-3-10(13)7-12/h2-4,7,11,14H,5-6,8-9H2,1H3. The molecule has 16 heavy (non-hydrogen) atoms. The molecular formula is C12H17ClN2O. The number of likely N-dealkylation sites (N-methyl/N-ethyl adjacent to an activating group) is 1. The van der Waals surface area contributed by atoms with Gasteiger partial charge in [-0.1, -0.05) is 17.7 Å². The maximum atomic E-state index is 5.96. The second-order valence-corrected chi connectivity index (χ2v) is 4.52. The van der Waals surface area contributed by atoms with E-state index in [2.05, 4.69) is 23.3 Å². The Labute approximate surface area is 101 Å². The molecule has 0 saturated carbocycles. The van der Waals surface area contributed by atoms with E-state index in [1.54, 1.807) is 0 Å². The number of ether oxygens (including phenoxy) is 1. The minimum Gasteiger partial charge on any atom is -0.378 e. The van der Waals surface area contributed by atoms with Crippen molar-refractivity contribution in [2.75, 3.05) is 38.3 Å². The smallest absolute Gasteiger partial charge is 0.0637 e. The van der Waals surface area contributed by atoms with Crippen molar-refractivity contribution in [3.05, 3.63) is 29.3 Å². The molecule has 0 radical (unpaired) electrons. The molecule has 0 amide bonds. The minimum atomic E-state index is 0.401. The van der Waals surface area contributed by atoms with E-state index in [1.165, 1.54) is 0 Å². The van der Waals surface area contributed by atoms with Gasteiger partial charge in [0.25, 0.3) is 0 Å². The van der Waals surface area contributed by atoms with Gasteiger partial charge in [0.2, 0.25) is 0 Å². The molecule has 1 unspecified atom stereocenters. The molecular weight excluding hydrogens is 224 g/mol. The van der Waals surface area contributed by atoms with Crippen molar-refractivity contribution in [3.63, 3.8) is 0 Å². The predicted molar refractivity (Wildman–Crippen MR) is 67.3 cm³/mol. The van der Waals surface area contributed by atoms with E-state index < -0.39 is 0 Å². The molecule has 0 spiro atoms. The first-order valence-electron chi connectivity index (χ1n) is 5.53. The van der Waals surface area contributed by atoms with Crippen LogP contribution in [0.15, 0.2) is 24.3 Å². The van der Waals surface area contributed by atoms with Crippen LogP contribution in [0.3, 0.4) is 0 Å². The molecule has 0 aromatic heterocycles. The van der Waals surface area contributed by atoms with E-state index in [9.17, 15) is 0 Å². The number of morpholine rings is 1. The fraction of sp³-hybridized carbons (Fsp3) is 0.500. The number of nitrogens with zero attached hydrogens (tertiary/aromatic N) is 1. The number of anilines is 1. The molecule has 1 aromatic carbocycles. The molecule has 1 aliphatic rings. The quantitative estimate of drug-likeness (QED) is 0.872. The molecule has 1 heterocycles. The number of hydrogen-bond donors (Lipinski definition) is 1. The molecule has 1 aliphatic heterocycles. The van der Waals surface area contributed by atoms with Crippen LogP contribution in [0.25, 0.3) is 0 Å². The lowest BCUT2D eigenvalue weighted by molar-refractivity contribution is 0.0791. The predicted octanol–water partition coefficient (Wildman–Crippen LogP) is 1.76. The monoisotopic (exact) mass is 240 g/mol. The summed E-state index contributed by atoms with van der Waals surface area (Å²) in [4.78, 5) is 2.19. The summed E-state index contributed by atoms with van der Waals surface area (Å²) in [5.41, 5.74) is 1.14. The van der Waals surface area contributed by atoms with Crippen molar-refractivity contribution >= 4 is 17.3 Å². The number of rotatable bonds is 3. The summed E-state index contributed by atoms with van der Waals surface area (Å²) in [5, 5.41) is 4.21. The summed E-state index contributed by atoms with van der Waals surface area (Å²) in [7, 11) is 2.07. The molecule has 1 fully saturated rings. The van der Waals surface area contributed by atoms with Gasteiger partial charge in [-0.25, -0.2) is 0 Å². The average molecular weight is 241 g/mol. The van der Waals surface area contributed by atoms with Gasteiger partial charge in [0.1, 0.15) is 0 Å². The Balaban J connectivity index is 1.94. The van der Waals surface area contributed by atoms with E-state index in [1.807, 2.05) is 18.2 Å². The highest BCUT2D eigenvalue weighted by atomic mass is 35.5. The van der Waals surface area contributed by atoms with E-state index >= 15 is 0 Å². The second-order valence-electron chi connectivity index (χ2n) is 4.09. The Hall–Kier alpha value is -0.770. The summed E-state index contributed by atoms with van der Waals surface area (Å²) in [5.74, 6) is 0. The fourth-order valence-corrected chi connectivity index (χ4v) is 2.07. The van der Waals surface area contributed by atoms with Gasteiger partial charge in [-0.05, 0) is 18.2 Å². The SMILES string of the molecule is CN(CC1COCCN1)c1cccc(Cl)c1. The first-order chi connectivity index (χ1) is 7.75. The lowest BCUT2D eigenvalue weighted by atomic mass is 10.2. The largest absolute Gasteiger partial charge is 0.378 e. The average Bonchev–Trinajstić information content (AvgIpc) is 2.30. The molecule has 1 aromatic rings. The molecule has 1 atom stereocenters. The Bertz CT molecular complexity index is 340. The third-order valence-electron chi connectivity index (χ3n) is 2.74. The highest BCUT2D eigenvalue weighted by Crippen LogP contribution is 2.18. The van der Waals surface area contributed by atoms with Crippen LogP contribution < -0.4 is 10.2 Å². The zero-order valence-electron chi connectivity index (χ0n) is 9.45. The molecule has 2 rings (SSSR count). The van der Waals surface area contributed by atoms with Gasteiger partial charge in [-0.15, -0.1) is 0 Å². The lowest BCUT2D eigenvalue weighted by Crippen LogP contribution is -2.47. The number of nitrogens with one attached hydrogen (secondary N) is 1. The van der Waals surface area contributed by atoms with Crippen LogP contribution in [0.5, 0.6) is 0 Å². The zero-order chi connectivity index (χ0) is 11.4. The van der Waals surface area contributed by atoms with Crippen molar-refractivity contribution in [3.8, 4) is 0 Å². The fourth-order valence-electron chi connectivity index (χ4n) is 1.89. The zero-order valence-corrected chi connectivity index (χ0v) is 10.2. The second kappa shape index (κ2) is 5.53. The molecule has 0 aliphatic carbocycles. The van der Waals surface area contributed by atoms with E-state index in [-0.39, 0.29) is 0 Å². The maximum absolute atomic E-state index is 5.96. The lowest BCUT2D eigenvalue weighted by Gasteiger charge is -2.29. The van der Waals surface area contributed by atoms with Crippen LogP contribution in [-0.4, -0.2) is 39.4 Å². The van der Waals surface area contributed by atoms with Gasteiger partial charge in [0.05, 0.1) is 13.2 Å². The summed E-state index contributed by atoms with van der Waals surface area (Å²) < 4.78 is 5.43. The summed E-state index contributed by atoms with van der Waals surface area (Å²) in [6.07, 6.45) is 0. The summed E-state index contributed by atoms with van der Waals surface area (Å²) >= 11 is 5.96. The van der Waals surface area contributed by atoms with Gasteiger partial charge in [0.15, 0.2) is 0 Å². The molecule has 1 saturated heterocycles. The van der Waals surface area contributed by atoms with Gasteiger partial charge in [0, 0.05) is 36.9 Å². The third-order valence-corrected chi connectivity index (χ3v) is 2.98. The number of benzene rings is 1. The number of hydrogen-bond acceptors (Lipinski definition) is 3. The Morgan fingerprint density at radius 3 is 3.12 bits per heavy atom. The topological polar surface area (TPSA) is 24.5 Å². The van der Waals surface area contributed by atoms with Gasteiger partial charge >= 0.3 is 0 Å². The van der Waals surface area contributed by atoms with Crippen LogP contribution in [0.4, 0.5) is 5.69 Å². The molecule has 4 heteroatoms. The first kappa shape index (κ1) is 11.7. The third kappa shape index (κ3) is 3.11.